The predicted molar refractivity (Wildman–Crippen MR) is 111 cm³/mol. The lowest BCUT2D eigenvalue weighted by Gasteiger charge is -2.33. The van der Waals surface area contributed by atoms with Crippen LogP contribution in [0.3, 0.4) is 0 Å². The van der Waals surface area contributed by atoms with Crippen molar-refractivity contribution in [3.05, 3.63) is 63.9 Å². The second kappa shape index (κ2) is 8.02. The third kappa shape index (κ3) is 4.16. The number of carbonyl (C=O) groups is 1. The number of furan rings is 1. The Morgan fingerprint density at radius 2 is 1.69 bits per heavy atom. The van der Waals surface area contributed by atoms with Gasteiger partial charge in [-0.1, -0.05) is 0 Å². The van der Waals surface area contributed by atoms with Crippen molar-refractivity contribution in [2.45, 2.75) is 4.21 Å². The molecule has 3 heterocycles. The van der Waals surface area contributed by atoms with Crippen LogP contribution >= 0.6 is 27.3 Å². The Bertz CT molecular complexity index is 1130. The van der Waals surface area contributed by atoms with Crippen molar-refractivity contribution in [2.75, 3.05) is 26.2 Å². The average molecular weight is 499 g/mol. The maximum Gasteiger partial charge on any atom is 0.289 e. The number of benzene rings is 1. The molecule has 1 aliphatic heterocycles. The molecule has 0 spiro atoms. The number of hydrogen-bond acceptors (Lipinski definition) is 5. The molecule has 0 bridgehead atoms. The molecule has 4 rings (SSSR count). The summed E-state index contributed by atoms with van der Waals surface area (Å²) in [7, 11) is -3.56. The highest BCUT2D eigenvalue weighted by Crippen LogP contribution is 2.29. The van der Waals surface area contributed by atoms with Gasteiger partial charge in [0.05, 0.1) is 3.79 Å². The highest BCUT2D eigenvalue weighted by Gasteiger charge is 2.32. The number of nitrogens with zero attached hydrogens (tertiary/aromatic N) is 2. The van der Waals surface area contributed by atoms with E-state index in [2.05, 4.69) is 15.9 Å². The van der Waals surface area contributed by atoms with E-state index in [1.807, 2.05) is 0 Å². The van der Waals surface area contributed by atoms with Gasteiger partial charge < -0.3 is 9.32 Å². The molecule has 1 fully saturated rings. The summed E-state index contributed by atoms with van der Waals surface area (Å²) in [5.41, 5.74) is 0.670. The van der Waals surface area contributed by atoms with E-state index in [1.165, 1.54) is 16.4 Å². The summed E-state index contributed by atoms with van der Waals surface area (Å²) < 4.78 is 46.5. The molecule has 6 nitrogen and oxygen atoms in total. The van der Waals surface area contributed by atoms with E-state index >= 15 is 0 Å². The minimum atomic E-state index is -3.56. The first-order valence-corrected chi connectivity index (χ1v) is 11.8. The maximum atomic E-state index is 13.1. The van der Waals surface area contributed by atoms with Crippen molar-refractivity contribution < 1.29 is 22.0 Å². The Morgan fingerprint density at radius 1 is 1.00 bits per heavy atom. The highest BCUT2D eigenvalue weighted by atomic mass is 79.9. The highest BCUT2D eigenvalue weighted by molar-refractivity contribution is 9.11. The lowest BCUT2D eigenvalue weighted by molar-refractivity contribution is 0.0667. The quantitative estimate of drug-likeness (QED) is 0.543. The molecular formula is C19H16BrFN2O4S2. The summed E-state index contributed by atoms with van der Waals surface area (Å²) in [6.45, 7) is 0.985. The molecule has 1 saturated heterocycles. The molecule has 0 saturated carbocycles. The van der Waals surface area contributed by atoms with E-state index < -0.39 is 10.0 Å². The van der Waals surface area contributed by atoms with Crippen LogP contribution in [0.4, 0.5) is 4.39 Å². The second-order valence-corrected chi connectivity index (χ2v) is 11.1. The number of rotatable bonds is 4. The molecular weight excluding hydrogens is 483 g/mol. The summed E-state index contributed by atoms with van der Waals surface area (Å²) in [6.07, 6.45) is 0. The fraction of sp³-hybridized carbons (Fsp3) is 0.211. The Labute approximate surface area is 179 Å². The van der Waals surface area contributed by atoms with Crippen LogP contribution in [0.1, 0.15) is 10.6 Å². The normalized spacial score (nSPS) is 15.6. The smallest absolute Gasteiger partial charge is 0.289 e. The number of piperazine rings is 1. The standard InChI is InChI=1S/C19H16BrFN2O4S2/c20-17-7-8-18(28-17)29(25,26)23-11-9-22(10-12-23)19(24)16-6-5-15(27-16)13-1-3-14(21)4-2-13/h1-8H,9-12H2. The van der Waals surface area contributed by atoms with Crippen molar-refractivity contribution in [3.8, 4) is 11.3 Å². The topological polar surface area (TPSA) is 70.8 Å². The van der Waals surface area contributed by atoms with Crippen molar-refractivity contribution in [1.82, 2.24) is 9.21 Å². The minimum Gasteiger partial charge on any atom is -0.451 e. The molecule has 2 aromatic heterocycles. The van der Waals surface area contributed by atoms with Crippen LogP contribution in [0.15, 0.2) is 60.9 Å². The van der Waals surface area contributed by atoms with Crippen molar-refractivity contribution in [3.63, 3.8) is 0 Å². The molecule has 10 heteroatoms. The SMILES string of the molecule is O=C(c1ccc(-c2ccc(F)cc2)o1)N1CCN(S(=O)(=O)c2ccc(Br)s2)CC1. The zero-order valence-electron chi connectivity index (χ0n) is 15.0. The van der Waals surface area contributed by atoms with Crippen LogP contribution in [-0.4, -0.2) is 49.7 Å². The van der Waals surface area contributed by atoms with Crippen molar-refractivity contribution in [1.29, 1.82) is 0 Å². The first kappa shape index (κ1) is 20.3. The van der Waals surface area contributed by atoms with Gasteiger partial charge in [-0.2, -0.15) is 4.31 Å². The zero-order chi connectivity index (χ0) is 20.6. The second-order valence-electron chi connectivity index (χ2n) is 6.43. The Kier molecular flexibility index (Phi) is 5.60. The lowest BCUT2D eigenvalue weighted by Crippen LogP contribution is -2.50. The van der Waals surface area contributed by atoms with Gasteiger partial charge in [-0.3, -0.25) is 4.79 Å². The van der Waals surface area contributed by atoms with Crippen molar-refractivity contribution >= 4 is 43.2 Å². The fourth-order valence-electron chi connectivity index (χ4n) is 3.07. The van der Waals surface area contributed by atoms with E-state index in [9.17, 15) is 17.6 Å². The first-order valence-electron chi connectivity index (χ1n) is 8.75. The maximum absolute atomic E-state index is 13.1. The van der Waals surface area contributed by atoms with Crippen LogP contribution in [-0.2, 0) is 10.0 Å². The van der Waals surface area contributed by atoms with Gasteiger partial charge in [0.15, 0.2) is 5.76 Å². The number of halogens is 2. The van der Waals surface area contributed by atoms with Crippen LogP contribution in [0.25, 0.3) is 11.3 Å². The zero-order valence-corrected chi connectivity index (χ0v) is 18.3. The molecule has 1 aliphatic rings. The van der Waals surface area contributed by atoms with Crippen LogP contribution in [0.2, 0.25) is 0 Å². The third-order valence-corrected chi connectivity index (χ3v) is 8.60. The number of hydrogen-bond donors (Lipinski definition) is 0. The number of amides is 1. The van der Waals surface area contributed by atoms with Crippen LogP contribution in [0, 0.1) is 5.82 Å². The molecule has 0 radical (unpaired) electrons. The van der Waals surface area contributed by atoms with Crippen LogP contribution < -0.4 is 0 Å². The molecule has 0 atom stereocenters. The molecule has 1 aromatic carbocycles. The van der Waals surface area contributed by atoms with E-state index in [4.69, 9.17) is 4.42 Å². The average Bonchev–Trinajstić information content (AvgIpc) is 3.38. The monoisotopic (exact) mass is 498 g/mol. The molecule has 152 valence electrons. The van der Waals surface area contributed by atoms with Gasteiger partial charge in [0.2, 0.25) is 0 Å². The molecule has 0 N–H and O–H groups in total. The summed E-state index contributed by atoms with van der Waals surface area (Å²) in [5.74, 6) is -0.00531. The molecule has 1 amide bonds. The third-order valence-electron chi connectivity index (χ3n) is 4.61. The Balaban J connectivity index is 1.42. The number of thiophene rings is 1. The lowest BCUT2D eigenvalue weighted by atomic mass is 10.2. The van der Waals surface area contributed by atoms with E-state index in [1.54, 1.807) is 41.3 Å². The van der Waals surface area contributed by atoms with E-state index in [0.717, 1.165) is 15.1 Å². The van der Waals surface area contributed by atoms with Gasteiger partial charge in [-0.15, -0.1) is 11.3 Å². The first-order chi connectivity index (χ1) is 13.8. The predicted octanol–water partition coefficient (Wildman–Crippen LogP) is 4.06. The van der Waals surface area contributed by atoms with Gasteiger partial charge in [0.25, 0.3) is 15.9 Å². The molecule has 0 unspecified atom stereocenters. The van der Waals surface area contributed by atoms with Crippen molar-refractivity contribution in [2.24, 2.45) is 0 Å². The van der Waals surface area contributed by atoms with Gasteiger partial charge in [-0.25, -0.2) is 12.8 Å². The molecule has 0 aliphatic carbocycles. The number of sulfonamides is 1. The summed E-state index contributed by atoms with van der Waals surface area (Å²) >= 11 is 4.44. The molecule has 29 heavy (non-hydrogen) atoms. The van der Waals surface area contributed by atoms with Gasteiger partial charge >= 0.3 is 0 Å². The van der Waals surface area contributed by atoms with E-state index in [0.29, 0.717) is 11.3 Å². The fourth-order valence-corrected chi connectivity index (χ4v) is 6.66. The Morgan fingerprint density at radius 3 is 2.31 bits per heavy atom. The van der Waals surface area contributed by atoms with Crippen LogP contribution in [0.5, 0.6) is 0 Å². The summed E-state index contributed by atoms with van der Waals surface area (Å²) in [6, 6.07) is 12.3. The van der Waals surface area contributed by atoms with Gasteiger partial charge in [0, 0.05) is 31.7 Å². The minimum absolute atomic E-state index is 0.169. The van der Waals surface area contributed by atoms with E-state index in [-0.39, 0.29) is 47.9 Å². The molecule has 3 aromatic rings. The Hall–Kier alpha value is -2.01. The van der Waals surface area contributed by atoms with Gasteiger partial charge in [0.1, 0.15) is 15.8 Å². The van der Waals surface area contributed by atoms with Gasteiger partial charge in [-0.05, 0) is 64.5 Å². The summed E-state index contributed by atoms with van der Waals surface area (Å²) in [5, 5.41) is 0. The largest absolute Gasteiger partial charge is 0.451 e. The number of carbonyl (C=O) groups excluding carboxylic acids is 1. The summed E-state index contributed by atoms with van der Waals surface area (Å²) in [4.78, 5) is 14.3.